The van der Waals surface area contributed by atoms with E-state index in [1.165, 1.54) is 26.7 Å². The summed E-state index contributed by atoms with van der Waals surface area (Å²) in [6.07, 6.45) is 5.70. The van der Waals surface area contributed by atoms with Gasteiger partial charge >= 0.3 is 0 Å². The predicted octanol–water partition coefficient (Wildman–Crippen LogP) is 1.70. The molecule has 1 heterocycles. The third-order valence-corrected chi connectivity index (χ3v) is 3.13. The van der Waals surface area contributed by atoms with Crippen LogP contribution in [-0.4, -0.2) is 24.2 Å². The molecule has 0 aromatic rings. The minimum atomic E-state index is -0.428. The van der Waals surface area contributed by atoms with E-state index in [0.717, 1.165) is 25.8 Å². The fourth-order valence-electron chi connectivity index (χ4n) is 2.37. The van der Waals surface area contributed by atoms with Gasteiger partial charge in [0.1, 0.15) is 11.6 Å². The lowest BCUT2D eigenvalue weighted by Crippen LogP contribution is -2.43. The molecule has 3 nitrogen and oxygen atoms in total. The molecule has 3 heteroatoms. The number of Topliss-reactive ketones (excluding diaryl/α,β-unsaturated/α-hetero) is 2. The zero-order chi connectivity index (χ0) is 11.3. The van der Waals surface area contributed by atoms with E-state index in [2.05, 4.69) is 5.32 Å². The summed E-state index contributed by atoms with van der Waals surface area (Å²) in [4.78, 5) is 22.8. The van der Waals surface area contributed by atoms with Crippen LogP contribution in [0.15, 0.2) is 0 Å². The quantitative estimate of drug-likeness (QED) is 0.723. The average Bonchev–Trinajstić information content (AvgIpc) is 2.07. The first-order valence-corrected chi connectivity index (χ1v) is 5.87. The molecular formula is C12H21NO2. The lowest BCUT2D eigenvalue weighted by atomic mass is 9.87. The summed E-state index contributed by atoms with van der Waals surface area (Å²) < 4.78 is 0. The van der Waals surface area contributed by atoms with Crippen molar-refractivity contribution < 1.29 is 9.59 Å². The van der Waals surface area contributed by atoms with Gasteiger partial charge in [-0.05, 0) is 33.2 Å². The molecule has 15 heavy (non-hydrogen) atoms. The molecule has 0 spiro atoms. The van der Waals surface area contributed by atoms with Crippen LogP contribution in [0.4, 0.5) is 0 Å². The Labute approximate surface area is 91.6 Å². The van der Waals surface area contributed by atoms with Gasteiger partial charge in [-0.1, -0.05) is 19.3 Å². The Morgan fingerprint density at radius 1 is 1.07 bits per heavy atom. The molecule has 1 aliphatic rings. The van der Waals surface area contributed by atoms with Crippen molar-refractivity contribution in [1.82, 2.24) is 5.32 Å². The van der Waals surface area contributed by atoms with Crippen LogP contribution in [-0.2, 0) is 9.59 Å². The SMILES string of the molecule is CC(=O)C(C(C)=O)C1CCCCCCN1. The van der Waals surface area contributed by atoms with E-state index in [0.29, 0.717) is 0 Å². The van der Waals surface area contributed by atoms with E-state index in [4.69, 9.17) is 0 Å². The van der Waals surface area contributed by atoms with Crippen LogP contribution >= 0.6 is 0 Å². The molecule has 0 aromatic heterocycles. The molecule has 0 radical (unpaired) electrons. The maximum Gasteiger partial charge on any atom is 0.141 e. The second-order valence-corrected chi connectivity index (χ2v) is 4.46. The number of carbonyl (C=O) groups is 2. The average molecular weight is 211 g/mol. The zero-order valence-electron chi connectivity index (χ0n) is 9.71. The van der Waals surface area contributed by atoms with Crippen molar-refractivity contribution in [2.45, 2.75) is 52.0 Å². The fraction of sp³-hybridized carbons (Fsp3) is 0.833. The molecule has 0 saturated carbocycles. The standard InChI is InChI=1S/C12H21NO2/c1-9(14)12(10(2)15)11-7-5-3-4-6-8-13-11/h11-13H,3-8H2,1-2H3. The molecule has 0 aliphatic carbocycles. The third-order valence-electron chi connectivity index (χ3n) is 3.13. The van der Waals surface area contributed by atoms with Gasteiger partial charge in [0.15, 0.2) is 0 Å². The maximum absolute atomic E-state index is 11.4. The molecule has 1 N–H and O–H groups in total. The van der Waals surface area contributed by atoms with Gasteiger partial charge in [-0.2, -0.15) is 0 Å². The van der Waals surface area contributed by atoms with Crippen molar-refractivity contribution in [3.8, 4) is 0 Å². The first-order chi connectivity index (χ1) is 7.13. The molecule has 1 unspecified atom stereocenters. The van der Waals surface area contributed by atoms with Crippen LogP contribution in [0.25, 0.3) is 0 Å². The van der Waals surface area contributed by atoms with E-state index in [-0.39, 0.29) is 17.6 Å². The van der Waals surface area contributed by atoms with Crippen molar-refractivity contribution in [3.63, 3.8) is 0 Å². The Kier molecular flexibility index (Phi) is 4.95. The molecule has 86 valence electrons. The van der Waals surface area contributed by atoms with E-state index in [9.17, 15) is 9.59 Å². The first-order valence-electron chi connectivity index (χ1n) is 5.87. The van der Waals surface area contributed by atoms with Gasteiger partial charge in [-0.3, -0.25) is 9.59 Å². The van der Waals surface area contributed by atoms with E-state index < -0.39 is 5.92 Å². The van der Waals surface area contributed by atoms with Gasteiger partial charge in [0.05, 0.1) is 5.92 Å². The molecule has 0 bridgehead atoms. The topological polar surface area (TPSA) is 46.2 Å². The molecule has 1 fully saturated rings. The Morgan fingerprint density at radius 3 is 2.27 bits per heavy atom. The Hall–Kier alpha value is -0.700. The van der Waals surface area contributed by atoms with E-state index in [1.54, 1.807) is 0 Å². The fourth-order valence-corrected chi connectivity index (χ4v) is 2.37. The van der Waals surface area contributed by atoms with Crippen LogP contribution in [0.2, 0.25) is 0 Å². The highest BCUT2D eigenvalue weighted by atomic mass is 16.1. The van der Waals surface area contributed by atoms with Crippen molar-refractivity contribution in [3.05, 3.63) is 0 Å². The van der Waals surface area contributed by atoms with Crippen molar-refractivity contribution in [2.75, 3.05) is 6.54 Å². The molecular weight excluding hydrogens is 190 g/mol. The molecule has 1 atom stereocenters. The summed E-state index contributed by atoms with van der Waals surface area (Å²) in [6.45, 7) is 3.97. The zero-order valence-corrected chi connectivity index (χ0v) is 9.71. The smallest absolute Gasteiger partial charge is 0.141 e. The van der Waals surface area contributed by atoms with Crippen LogP contribution < -0.4 is 5.32 Å². The summed E-state index contributed by atoms with van der Waals surface area (Å²) in [5.41, 5.74) is 0. The van der Waals surface area contributed by atoms with Crippen molar-refractivity contribution >= 4 is 11.6 Å². The van der Waals surface area contributed by atoms with Gasteiger partial charge in [0.25, 0.3) is 0 Å². The second-order valence-electron chi connectivity index (χ2n) is 4.46. The normalized spacial score (nSPS) is 23.3. The largest absolute Gasteiger partial charge is 0.313 e. The third kappa shape index (κ3) is 3.74. The number of carbonyl (C=O) groups excluding carboxylic acids is 2. The van der Waals surface area contributed by atoms with Crippen molar-refractivity contribution in [1.29, 1.82) is 0 Å². The number of ketones is 2. The van der Waals surface area contributed by atoms with Crippen molar-refractivity contribution in [2.24, 2.45) is 5.92 Å². The maximum atomic E-state index is 11.4. The summed E-state index contributed by atoms with van der Waals surface area (Å²) in [5.74, 6) is -0.427. The minimum absolute atomic E-state index is 0.000531. The number of nitrogens with one attached hydrogen (secondary N) is 1. The second kappa shape index (κ2) is 6.01. The highest BCUT2D eigenvalue weighted by Crippen LogP contribution is 2.17. The predicted molar refractivity (Wildman–Crippen MR) is 59.7 cm³/mol. The van der Waals surface area contributed by atoms with Gasteiger partial charge < -0.3 is 5.32 Å². The highest BCUT2D eigenvalue weighted by Gasteiger charge is 2.29. The van der Waals surface area contributed by atoms with Gasteiger partial charge in [0.2, 0.25) is 0 Å². The minimum Gasteiger partial charge on any atom is -0.313 e. The number of rotatable bonds is 3. The van der Waals surface area contributed by atoms with E-state index >= 15 is 0 Å². The van der Waals surface area contributed by atoms with Gasteiger partial charge in [0, 0.05) is 6.04 Å². The molecule has 0 amide bonds. The lowest BCUT2D eigenvalue weighted by molar-refractivity contribution is -0.131. The van der Waals surface area contributed by atoms with Crippen LogP contribution in [0.3, 0.4) is 0 Å². The lowest BCUT2D eigenvalue weighted by Gasteiger charge is -2.26. The Balaban J connectivity index is 2.63. The summed E-state index contributed by atoms with van der Waals surface area (Å²) in [6, 6.07) is 0.0697. The number of hydrogen-bond acceptors (Lipinski definition) is 3. The summed E-state index contributed by atoms with van der Waals surface area (Å²) >= 11 is 0. The molecule has 1 saturated heterocycles. The molecule has 1 rings (SSSR count). The first kappa shape index (κ1) is 12.4. The van der Waals surface area contributed by atoms with Crippen LogP contribution in [0, 0.1) is 5.92 Å². The number of hydrogen-bond donors (Lipinski definition) is 1. The van der Waals surface area contributed by atoms with Gasteiger partial charge in [-0.15, -0.1) is 0 Å². The Bertz CT molecular complexity index is 216. The highest BCUT2D eigenvalue weighted by molar-refractivity contribution is 6.01. The van der Waals surface area contributed by atoms with E-state index in [1.807, 2.05) is 0 Å². The van der Waals surface area contributed by atoms with Crippen LogP contribution in [0.1, 0.15) is 46.0 Å². The van der Waals surface area contributed by atoms with Crippen LogP contribution in [0.5, 0.6) is 0 Å². The summed E-state index contributed by atoms with van der Waals surface area (Å²) in [5, 5.41) is 3.34. The Morgan fingerprint density at radius 2 is 1.67 bits per heavy atom. The summed E-state index contributed by atoms with van der Waals surface area (Å²) in [7, 11) is 0. The molecule has 1 aliphatic heterocycles. The van der Waals surface area contributed by atoms with Gasteiger partial charge in [-0.25, -0.2) is 0 Å². The monoisotopic (exact) mass is 211 g/mol. The molecule has 0 aromatic carbocycles.